The molecule has 3 rings (SSSR count). The number of piperidine rings is 1. The Morgan fingerprint density at radius 3 is 2.00 bits per heavy atom. The van der Waals surface area contributed by atoms with Gasteiger partial charge in [-0.25, -0.2) is 8.42 Å². The molecular formula is C24H37NO6S. The van der Waals surface area contributed by atoms with Gasteiger partial charge in [0.2, 0.25) is 0 Å². The normalized spacial score (nSPS) is 23.6. The van der Waals surface area contributed by atoms with Crippen molar-refractivity contribution in [3.05, 3.63) is 24.3 Å². The van der Waals surface area contributed by atoms with E-state index in [1.54, 1.807) is 24.3 Å². The fraction of sp³-hybridized carbons (Fsp3) is 0.708. The summed E-state index contributed by atoms with van der Waals surface area (Å²) < 4.78 is 41.0. The first kappa shape index (κ1) is 25.0. The summed E-state index contributed by atoms with van der Waals surface area (Å²) in [4.78, 5) is 14.5. The Bertz CT molecular complexity index is 845. The van der Waals surface area contributed by atoms with Gasteiger partial charge in [-0.1, -0.05) is 0 Å². The summed E-state index contributed by atoms with van der Waals surface area (Å²) in [7, 11) is -3.19. The van der Waals surface area contributed by atoms with Crippen molar-refractivity contribution < 1.29 is 27.4 Å². The lowest BCUT2D eigenvalue weighted by Crippen LogP contribution is -2.42. The third-order valence-electron chi connectivity index (χ3n) is 5.87. The Hall–Kier alpha value is -1.64. The van der Waals surface area contributed by atoms with Crippen molar-refractivity contribution in [2.75, 3.05) is 25.9 Å². The molecule has 1 aromatic carbocycles. The second-order valence-electron chi connectivity index (χ2n) is 9.96. The Morgan fingerprint density at radius 2 is 1.47 bits per heavy atom. The van der Waals surface area contributed by atoms with Crippen molar-refractivity contribution in [1.29, 1.82) is 0 Å². The zero-order valence-electron chi connectivity index (χ0n) is 19.7. The van der Waals surface area contributed by atoms with Gasteiger partial charge in [0, 0.05) is 19.3 Å². The molecule has 0 unspecified atom stereocenters. The summed E-state index contributed by atoms with van der Waals surface area (Å²) in [6.45, 7) is 7.72. The first-order valence-corrected chi connectivity index (χ1v) is 13.4. The first-order chi connectivity index (χ1) is 15.0. The van der Waals surface area contributed by atoms with Crippen LogP contribution in [-0.4, -0.2) is 69.1 Å². The lowest BCUT2D eigenvalue weighted by Gasteiger charge is -2.36. The third-order valence-corrected chi connectivity index (χ3v) is 7.00. The second-order valence-corrected chi connectivity index (χ2v) is 12.0. The molecule has 2 fully saturated rings. The van der Waals surface area contributed by atoms with Gasteiger partial charge in [-0.15, -0.1) is 0 Å². The van der Waals surface area contributed by atoms with Crippen LogP contribution in [0.2, 0.25) is 0 Å². The van der Waals surface area contributed by atoms with Crippen LogP contribution in [0.3, 0.4) is 0 Å². The standard InChI is InChI=1S/C24H37NO6S/c1-24(2,3)31-23(26)17-25-15-13-21(14-16-25)30-19-7-5-18(6-8-19)29-20-9-11-22(12-10-20)32(4,27)28/h9-12,18-19,21H,5-8,13-17H2,1-4H3. The highest BCUT2D eigenvalue weighted by Gasteiger charge is 2.28. The van der Waals surface area contributed by atoms with Gasteiger partial charge < -0.3 is 14.2 Å². The van der Waals surface area contributed by atoms with Crippen molar-refractivity contribution in [2.24, 2.45) is 0 Å². The molecule has 0 radical (unpaired) electrons. The molecule has 32 heavy (non-hydrogen) atoms. The molecule has 0 spiro atoms. The van der Waals surface area contributed by atoms with Crippen LogP contribution < -0.4 is 4.74 Å². The van der Waals surface area contributed by atoms with E-state index in [9.17, 15) is 13.2 Å². The highest BCUT2D eigenvalue weighted by molar-refractivity contribution is 7.90. The summed E-state index contributed by atoms with van der Waals surface area (Å²) >= 11 is 0. The topological polar surface area (TPSA) is 82.1 Å². The number of hydrogen-bond donors (Lipinski definition) is 0. The minimum absolute atomic E-state index is 0.134. The molecule has 1 saturated carbocycles. The maximum absolute atomic E-state index is 12.0. The van der Waals surface area contributed by atoms with E-state index in [1.807, 2.05) is 20.8 Å². The molecule has 0 amide bonds. The molecule has 1 heterocycles. The smallest absolute Gasteiger partial charge is 0.320 e. The number of hydrogen-bond acceptors (Lipinski definition) is 7. The number of benzene rings is 1. The lowest BCUT2D eigenvalue weighted by atomic mass is 9.94. The molecule has 1 aliphatic carbocycles. The number of esters is 1. The summed E-state index contributed by atoms with van der Waals surface area (Å²) in [6, 6.07) is 6.64. The van der Waals surface area contributed by atoms with Crippen LogP contribution in [0.1, 0.15) is 59.3 Å². The average molecular weight is 468 g/mol. The fourth-order valence-electron chi connectivity index (χ4n) is 4.28. The van der Waals surface area contributed by atoms with Crippen molar-refractivity contribution in [2.45, 2.75) is 88.1 Å². The maximum atomic E-state index is 12.0. The van der Waals surface area contributed by atoms with Gasteiger partial charge in [0.15, 0.2) is 9.84 Å². The maximum Gasteiger partial charge on any atom is 0.320 e. The monoisotopic (exact) mass is 467 g/mol. The molecule has 180 valence electrons. The highest BCUT2D eigenvalue weighted by Crippen LogP contribution is 2.28. The summed E-state index contributed by atoms with van der Waals surface area (Å²) in [6.07, 6.45) is 7.49. The quantitative estimate of drug-likeness (QED) is 0.567. The number of nitrogens with zero attached hydrogens (tertiary/aromatic N) is 1. The number of ether oxygens (including phenoxy) is 3. The van der Waals surface area contributed by atoms with E-state index in [1.165, 1.54) is 6.26 Å². The molecule has 2 aliphatic rings. The van der Waals surface area contributed by atoms with Crippen LogP contribution in [0.15, 0.2) is 29.2 Å². The number of rotatable bonds is 7. The van der Waals surface area contributed by atoms with E-state index in [2.05, 4.69) is 4.90 Å². The second kappa shape index (κ2) is 10.5. The third kappa shape index (κ3) is 8.05. The Balaban J connectivity index is 1.35. The highest BCUT2D eigenvalue weighted by atomic mass is 32.2. The van der Waals surface area contributed by atoms with Gasteiger partial charge in [0.1, 0.15) is 11.4 Å². The van der Waals surface area contributed by atoms with E-state index in [4.69, 9.17) is 14.2 Å². The molecule has 1 aromatic rings. The van der Waals surface area contributed by atoms with Crippen LogP contribution in [0, 0.1) is 0 Å². The Morgan fingerprint density at radius 1 is 0.938 bits per heavy atom. The van der Waals surface area contributed by atoms with Crippen LogP contribution in [0.25, 0.3) is 0 Å². The summed E-state index contributed by atoms with van der Waals surface area (Å²) in [5.41, 5.74) is -0.444. The van der Waals surface area contributed by atoms with Crippen molar-refractivity contribution in [1.82, 2.24) is 4.90 Å². The Kier molecular flexibility index (Phi) is 8.22. The van der Waals surface area contributed by atoms with Gasteiger partial charge in [-0.05, 0) is 83.6 Å². The predicted octanol–water partition coefficient (Wildman–Crippen LogP) is 3.60. The summed E-state index contributed by atoms with van der Waals surface area (Å²) in [5, 5.41) is 0. The molecule has 0 N–H and O–H groups in total. The zero-order valence-corrected chi connectivity index (χ0v) is 20.5. The fourth-order valence-corrected chi connectivity index (χ4v) is 4.91. The van der Waals surface area contributed by atoms with Crippen LogP contribution in [0.4, 0.5) is 0 Å². The predicted molar refractivity (Wildman–Crippen MR) is 123 cm³/mol. The van der Waals surface area contributed by atoms with Gasteiger partial charge >= 0.3 is 5.97 Å². The number of carbonyl (C=O) groups excluding carboxylic acids is 1. The van der Waals surface area contributed by atoms with Crippen LogP contribution >= 0.6 is 0 Å². The number of sulfone groups is 1. The SMILES string of the molecule is CC(C)(C)OC(=O)CN1CCC(OC2CCC(Oc3ccc(S(C)(=O)=O)cc3)CC2)CC1. The van der Waals surface area contributed by atoms with Crippen molar-refractivity contribution in [3.63, 3.8) is 0 Å². The summed E-state index contributed by atoms with van der Waals surface area (Å²) in [5.74, 6) is 0.542. The van der Waals surface area contributed by atoms with E-state index in [0.29, 0.717) is 17.2 Å². The van der Waals surface area contributed by atoms with Crippen molar-refractivity contribution >= 4 is 15.8 Å². The van der Waals surface area contributed by atoms with Gasteiger partial charge in [0.25, 0.3) is 0 Å². The van der Waals surface area contributed by atoms with E-state index in [0.717, 1.165) is 51.6 Å². The molecule has 7 nitrogen and oxygen atoms in total. The van der Waals surface area contributed by atoms with Gasteiger partial charge in [-0.3, -0.25) is 9.69 Å². The minimum Gasteiger partial charge on any atom is -0.490 e. The molecule has 8 heteroatoms. The molecule has 1 saturated heterocycles. The molecular weight excluding hydrogens is 430 g/mol. The number of carbonyl (C=O) groups is 1. The Labute approximate surface area is 192 Å². The van der Waals surface area contributed by atoms with E-state index < -0.39 is 15.4 Å². The number of likely N-dealkylation sites (tertiary alicyclic amines) is 1. The molecule has 1 aliphatic heterocycles. The zero-order chi connectivity index (χ0) is 23.4. The molecule has 0 aromatic heterocycles. The van der Waals surface area contributed by atoms with E-state index in [-0.39, 0.29) is 24.3 Å². The first-order valence-electron chi connectivity index (χ1n) is 11.5. The average Bonchev–Trinajstić information content (AvgIpc) is 2.69. The lowest BCUT2D eigenvalue weighted by molar-refractivity contribution is -0.157. The van der Waals surface area contributed by atoms with Crippen LogP contribution in [-0.2, 0) is 24.1 Å². The largest absolute Gasteiger partial charge is 0.490 e. The molecule has 0 atom stereocenters. The molecule has 0 bridgehead atoms. The van der Waals surface area contributed by atoms with Gasteiger partial charge in [-0.2, -0.15) is 0 Å². The van der Waals surface area contributed by atoms with Crippen molar-refractivity contribution in [3.8, 4) is 5.75 Å². The van der Waals surface area contributed by atoms with Crippen LogP contribution in [0.5, 0.6) is 5.75 Å². The van der Waals surface area contributed by atoms with Gasteiger partial charge in [0.05, 0.1) is 29.8 Å². The minimum atomic E-state index is -3.19. The van der Waals surface area contributed by atoms with E-state index >= 15 is 0 Å².